The third-order valence-corrected chi connectivity index (χ3v) is 10.8. The van der Waals surface area contributed by atoms with Crippen LogP contribution in [0.25, 0.3) is 0 Å². The number of ketones is 1. The van der Waals surface area contributed by atoms with Crippen molar-refractivity contribution in [1.29, 1.82) is 0 Å². The molecular formula is C44H67N3O7. The highest BCUT2D eigenvalue weighted by molar-refractivity contribution is 5.94. The smallest absolute Gasteiger partial charge is 0.306 e. The van der Waals surface area contributed by atoms with E-state index in [2.05, 4.69) is 76.9 Å². The minimum absolute atomic E-state index is 0.0628. The van der Waals surface area contributed by atoms with Crippen molar-refractivity contribution in [3.05, 3.63) is 58.7 Å². The highest BCUT2D eigenvalue weighted by atomic mass is 16.5. The third-order valence-electron chi connectivity index (χ3n) is 10.8. The SMILES string of the molecule is CC1=C(/C=C/C(C)=C/C=C/C(C)=C/COC(=O)CCC(=O)OC2CC(C(=O)NCC(=O)C(C)(C)C)N(C(=O)C3CCCN3C(C)(C)C)C2)C(C)(C)CCC1. The standard InChI is InChI=1S/C44H67N3O7/c1-30(19-20-34-32(3)17-13-24-44(34,10)11)15-12-16-31(2)23-26-53-38(49)21-22-39(50)54-33-27-36(40(51)45-28-37(48)42(4,5)6)46(29-33)41(52)35-18-14-25-47(35)43(7,8)9/h12,15-16,19-20,23,33,35-36H,13-14,17-18,21-22,24-29H2,1-11H3,(H,45,51)/b16-12+,20-19+,30-15+,31-23+. The van der Waals surface area contributed by atoms with Crippen LogP contribution >= 0.6 is 0 Å². The van der Waals surface area contributed by atoms with Gasteiger partial charge in [0, 0.05) is 17.4 Å². The van der Waals surface area contributed by atoms with Crippen LogP contribution < -0.4 is 5.32 Å². The summed E-state index contributed by atoms with van der Waals surface area (Å²) in [5, 5.41) is 2.71. The van der Waals surface area contributed by atoms with Gasteiger partial charge in [0.05, 0.1) is 32.0 Å². The maximum absolute atomic E-state index is 13.9. The second-order valence-electron chi connectivity index (χ2n) is 17.9. The van der Waals surface area contributed by atoms with Gasteiger partial charge in [-0.3, -0.25) is 28.9 Å². The first kappa shape index (κ1) is 44.6. The van der Waals surface area contributed by atoms with E-state index in [9.17, 15) is 24.0 Å². The van der Waals surface area contributed by atoms with E-state index in [4.69, 9.17) is 9.47 Å². The van der Waals surface area contributed by atoms with E-state index in [0.717, 1.165) is 30.5 Å². The quantitative estimate of drug-likeness (QED) is 0.145. The Morgan fingerprint density at radius 1 is 0.926 bits per heavy atom. The van der Waals surface area contributed by atoms with Crippen molar-refractivity contribution in [3.8, 4) is 0 Å². The zero-order chi connectivity index (χ0) is 40.4. The normalized spacial score (nSPS) is 23.0. The van der Waals surface area contributed by atoms with E-state index in [1.165, 1.54) is 28.9 Å². The van der Waals surface area contributed by atoms with Crippen molar-refractivity contribution in [2.24, 2.45) is 10.8 Å². The van der Waals surface area contributed by atoms with Gasteiger partial charge in [-0.25, -0.2) is 0 Å². The molecule has 2 heterocycles. The molecule has 0 aromatic carbocycles. The summed E-state index contributed by atoms with van der Waals surface area (Å²) in [7, 11) is 0. The van der Waals surface area contributed by atoms with Crippen LogP contribution in [-0.2, 0) is 33.4 Å². The predicted octanol–water partition coefficient (Wildman–Crippen LogP) is 7.35. The molecule has 2 aliphatic heterocycles. The molecule has 0 spiro atoms. The summed E-state index contributed by atoms with van der Waals surface area (Å²) in [4.78, 5) is 68.8. The lowest BCUT2D eigenvalue weighted by Crippen LogP contribution is -2.55. The van der Waals surface area contributed by atoms with Gasteiger partial charge < -0.3 is 19.7 Å². The first-order valence-electron chi connectivity index (χ1n) is 19.7. The Balaban J connectivity index is 1.51. The van der Waals surface area contributed by atoms with Gasteiger partial charge in [0.2, 0.25) is 11.8 Å². The number of nitrogens with one attached hydrogen (secondary N) is 1. The fraction of sp³-hybridized carbons (Fsp3) is 0.659. The highest BCUT2D eigenvalue weighted by Gasteiger charge is 2.47. The van der Waals surface area contributed by atoms with Crippen molar-refractivity contribution in [2.45, 2.75) is 151 Å². The van der Waals surface area contributed by atoms with E-state index in [-0.39, 0.29) is 61.6 Å². The fourth-order valence-corrected chi connectivity index (χ4v) is 7.43. The Labute approximate surface area is 324 Å². The lowest BCUT2D eigenvalue weighted by atomic mass is 9.72. The van der Waals surface area contributed by atoms with Gasteiger partial charge in [0.25, 0.3) is 0 Å². The number of Topliss-reactive ketones (excluding diaryl/α,β-unsaturated/α-hetero) is 1. The van der Waals surface area contributed by atoms with Gasteiger partial charge in [0.1, 0.15) is 18.8 Å². The zero-order valence-corrected chi connectivity index (χ0v) is 34.9. The molecule has 10 nitrogen and oxygen atoms in total. The third kappa shape index (κ3) is 13.2. The number of carbonyl (C=O) groups excluding carboxylic acids is 5. The fourth-order valence-electron chi connectivity index (χ4n) is 7.43. The van der Waals surface area contributed by atoms with E-state index in [1.54, 1.807) is 26.8 Å². The molecule has 10 heteroatoms. The minimum Gasteiger partial charge on any atom is -0.461 e. The molecule has 2 fully saturated rings. The van der Waals surface area contributed by atoms with Gasteiger partial charge in [-0.1, -0.05) is 81.7 Å². The largest absolute Gasteiger partial charge is 0.461 e. The predicted molar refractivity (Wildman–Crippen MR) is 213 cm³/mol. The van der Waals surface area contributed by atoms with Crippen LogP contribution in [-0.4, -0.2) is 89.3 Å². The molecule has 54 heavy (non-hydrogen) atoms. The van der Waals surface area contributed by atoms with Crippen LogP contribution in [0.4, 0.5) is 0 Å². The topological polar surface area (TPSA) is 122 Å². The molecule has 3 aliphatic rings. The van der Waals surface area contributed by atoms with E-state index in [0.29, 0.717) is 6.42 Å². The van der Waals surface area contributed by atoms with Crippen molar-refractivity contribution in [1.82, 2.24) is 15.1 Å². The number of ether oxygens (including phenoxy) is 2. The number of nitrogens with zero attached hydrogens (tertiary/aromatic N) is 2. The van der Waals surface area contributed by atoms with Crippen LogP contribution in [0.1, 0.15) is 128 Å². The lowest BCUT2D eigenvalue weighted by Gasteiger charge is -2.38. The van der Waals surface area contributed by atoms with Gasteiger partial charge in [-0.2, -0.15) is 0 Å². The van der Waals surface area contributed by atoms with Crippen LogP contribution in [0.2, 0.25) is 0 Å². The number of hydrogen-bond acceptors (Lipinski definition) is 8. The summed E-state index contributed by atoms with van der Waals surface area (Å²) in [5.74, 6) is -1.88. The Morgan fingerprint density at radius 2 is 1.61 bits per heavy atom. The van der Waals surface area contributed by atoms with Gasteiger partial charge in [-0.05, 0) is 97.3 Å². The van der Waals surface area contributed by atoms with Crippen LogP contribution in [0.5, 0.6) is 0 Å². The molecular weight excluding hydrogens is 682 g/mol. The second-order valence-corrected chi connectivity index (χ2v) is 17.9. The summed E-state index contributed by atoms with van der Waals surface area (Å²) in [5.41, 5.74) is 4.32. The van der Waals surface area contributed by atoms with Crippen LogP contribution in [0.15, 0.2) is 58.7 Å². The van der Waals surface area contributed by atoms with Crippen molar-refractivity contribution >= 4 is 29.5 Å². The van der Waals surface area contributed by atoms with E-state index in [1.807, 2.05) is 19.1 Å². The number of rotatable bonds is 14. The molecule has 3 rings (SSSR count). The average molecular weight is 750 g/mol. The van der Waals surface area contributed by atoms with Crippen molar-refractivity contribution in [3.63, 3.8) is 0 Å². The summed E-state index contributed by atoms with van der Waals surface area (Å²) >= 11 is 0. The molecule has 0 radical (unpaired) electrons. The average Bonchev–Trinajstić information content (AvgIpc) is 3.73. The van der Waals surface area contributed by atoms with Gasteiger partial charge in [0.15, 0.2) is 5.78 Å². The summed E-state index contributed by atoms with van der Waals surface area (Å²) < 4.78 is 11.0. The number of esters is 2. The molecule has 3 atom stereocenters. The molecule has 0 aromatic heterocycles. The number of carbonyl (C=O) groups is 5. The highest BCUT2D eigenvalue weighted by Crippen LogP contribution is 2.41. The molecule has 1 N–H and O–H groups in total. The number of hydrogen-bond donors (Lipinski definition) is 1. The van der Waals surface area contributed by atoms with Gasteiger partial charge in [-0.15, -0.1) is 0 Å². The molecule has 300 valence electrons. The minimum atomic E-state index is -0.883. The second kappa shape index (κ2) is 19.2. The summed E-state index contributed by atoms with van der Waals surface area (Å²) in [6.45, 7) is 23.2. The van der Waals surface area contributed by atoms with Crippen LogP contribution in [0, 0.1) is 10.8 Å². The van der Waals surface area contributed by atoms with E-state index >= 15 is 0 Å². The molecule has 3 unspecified atom stereocenters. The van der Waals surface area contributed by atoms with E-state index < -0.39 is 41.4 Å². The Morgan fingerprint density at radius 3 is 2.26 bits per heavy atom. The Kier molecular flexibility index (Phi) is 15.8. The first-order chi connectivity index (χ1) is 25.1. The molecule has 0 saturated carbocycles. The van der Waals surface area contributed by atoms with Gasteiger partial charge >= 0.3 is 11.9 Å². The molecule has 2 amide bonds. The van der Waals surface area contributed by atoms with Crippen molar-refractivity contribution in [2.75, 3.05) is 26.2 Å². The number of likely N-dealkylation sites (tertiary alicyclic amines) is 2. The molecule has 0 aromatic rings. The molecule has 0 bridgehead atoms. The summed E-state index contributed by atoms with van der Waals surface area (Å²) in [6.07, 6.45) is 16.4. The maximum atomic E-state index is 13.9. The van der Waals surface area contributed by atoms with Crippen LogP contribution in [0.3, 0.4) is 0 Å². The van der Waals surface area contributed by atoms with Crippen molar-refractivity contribution < 1.29 is 33.4 Å². The monoisotopic (exact) mass is 749 g/mol. The Hall–Kier alpha value is -3.79. The zero-order valence-electron chi connectivity index (χ0n) is 34.9. The molecule has 1 aliphatic carbocycles. The maximum Gasteiger partial charge on any atom is 0.306 e. The summed E-state index contributed by atoms with van der Waals surface area (Å²) in [6, 6.07) is -1.27. The number of allylic oxidation sites excluding steroid dienone is 9. The number of amides is 2. The first-order valence-corrected chi connectivity index (χ1v) is 19.7. The molecule has 2 saturated heterocycles. The Bertz CT molecular complexity index is 1550. The lowest BCUT2D eigenvalue weighted by molar-refractivity contribution is -0.153.